The number of nitrogens with one attached hydrogen (secondary N) is 1. The highest BCUT2D eigenvalue weighted by Crippen LogP contribution is 2.46. The van der Waals surface area contributed by atoms with Gasteiger partial charge in [0.05, 0.1) is 11.4 Å². The molecule has 1 aliphatic heterocycles. The van der Waals surface area contributed by atoms with Crippen molar-refractivity contribution in [3.05, 3.63) is 17.4 Å². The summed E-state index contributed by atoms with van der Waals surface area (Å²) in [6.45, 7) is 8.91. The number of fused-ring (bicyclic) bond motifs is 1. The topological polar surface area (TPSA) is 58.6 Å². The summed E-state index contributed by atoms with van der Waals surface area (Å²) in [5, 5.41) is 2.60. The van der Waals surface area contributed by atoms with Crippen molar-refractivity contribution in [2.45, 2.75) is 65.9 Å². The summed E-state index contributed by atoms with van der Waals surface area (Å²) in [5.41, 5.74) is 0.391. The van der Waals surface area contributed by atoms with Gasteiger partial charge in [-0.1, -0.05) is 20.8 Å². The van der Waals surface area contributed by atoms with Crippen molar-refractivity contribution in [3.63, 3.8) is 0 Å². The summed E-state index contributed by atoms with van der Waals surface area (Å²) < 4.78 is 47.1. The number of hydrogen-bond acceptors (Lipinski definition) is 3. The molecule has 0 bridgehead atoms. The van der Waals surface area contributed by atoms with Crippen molar-refractivity contribution in [1.29, 1.82) is 0 Å². The smallest absolute Gasteiger partial charge is 0.267 e. The number of amides is 2. The van der Waals surface area contributed by atoms with Gasteiger partial charge in [-0.25, -0.2) is 13.2 Å². The zero-order valence-corrected chi connectivity index (χ0v) is 17.4. The van der Waals surface area contributed by atoms with Crippen LogP contribution in [0.5, 0.6) is 5.75 Å². The van der Waals surface area contributed by atoms with Crippen molar-refractivity contribution in [2.75, 3.05) is 16.8 Å². The van der Waals surface area contributed by atoms with Crippen LogP contribution in [0.15, 0.2) is 6.07 Å². The lowest BCUT2D eigenvalue weighted by Crippen LogP contribution is -2.50. The quantitative estimate of drug-likeness (QED) is 0.782. The van der Waals surface area contributed by atoms with Gasteiger partial charge in [-0.05, 0) is 36.8 Å². The predicted molar refractivity (Wildman–Crippen MR) is 104 cm³/mol. The highest BCUT2D eigenvalue weighted by Gasteiger charge is 2.47. The monoisotopic (exact) mass is 412 g/mol. The first-order valence-electron chi connectivity index (χ1n) is 9.76. The number of carbonyl (C=O) groups is 2. The molecule has 1 fully saturated rings. The predicted octanol–water partition coefficient (Wildman–Crippen LogP) is 4.67. The van der Waals surface area contributed by atoms with E-state index in [1.54, 1.807) is 13.0 Å². The average Bonchev–Trinajstić information content (AvgIpc) is 2.53. The van der Waals surface area contributed by atoms with Crippen LogP contribution in [-0.4, -0.2) is 30.4 Å². The largest absolute Gasteiger partial charge is 0.476 e. The molecule has 1 heterocycles. The fourth-order valence-corrected chi connectivity index (χ4v) is 3.80. The highest BCUT2D eigenvalue weighted by atomic mass is 19.3. The second-order valence-electron chi connectivity index (χ2n) is 9.36. The highest BCUT2D eigenvalue weighted by molar-refractivity contribution is 6.01. The van der Waals surface area contributed by atoms with Crippen molar-refractivity contribution < 1.29 is 27.5 Å². The standard InChI is InChI=1S/C21H27F3N2O3/c1-11-6-14-18(16(22)17(11)25-15(27)9-20(3,4)5)29-12(2)19(28)26(14)10-13-7-21(23,24)8-13/h6,12-13H,7-10H2,1-5H3,(H,25,27). The number of halogens is 3. The van der Waals surface area contributed by atoms with Crippen LogP contribution in [-0.2, 0) is 9.59 Å². The van der Waals surface area contributed by atoms with Crippen LogP contribution in [0.25, 0.3) is 0 Å². The van der Waals surface area contributed by atoms with Gasteiger partial charge in [0.1, 0.15) is 0 Å². The summed E-state index contributed by atoms with van der Waals surface area (Å²) in [5.74, 6) is -4.66. The van der Waals surface area contributed by atoms with Crippen LogP contribution in [0.4, 0.5) is 24.5 Å². The Morgan fingerprint density at radius 3 is 2.52 bits per heavy atom. The Morgan fingerprint density at radius 1 is 1.34 bits per heavy atom. The number of anilines is 2. The van der Waals surface area contributed by atoms with E-state index in [0.717, 1.165) is 0 Å². The number of ether oxygens (including phenoxy) is 1. The number of benzene rings is 1. The van der Waals surface area contributed by atoms with Crippen LogP contribution >= 0.6 is 0 Å². The molecular weight excluding hydrogens is 385 g/mol. The first kappa shape index (κ1) is 21.5. The van der Waals surface area contributed by atoms with E-state index in [-0.39, 0.29) is 60.2 Å². The van der Waals surface area contributed by atoms with Crippen LogP contribution in [0.1, 0.15) is 52.5 Å². The van der Waals surface area contributed by atoms with E-state index in [1.165, 1.54) is 11.8 Å². The number of hydrogen-bond donors (Lipinski definition) is 1. The lowest BCUT2D eigenvalue weighted by Gasteiger charge is -2.41. The lowest BCUT2D eigenvalue weighted by atomic mass is 9.81. The van der Waals surface area contributed by atoms with Gasteiger partial charge in [0.25, 0.3) is 5.91 Å². The van der Waals surface area contributed by atoms with Gasteiger partial charge >= 0.3 is 0 Å². The van der Waals surface area contributed by atoms with Gasteiger partial charge in [-0.2, -0.15) is 0 Å². The van der Waals surface area contributed by atoms with Crippen molar-refractivity contribution in [3.8, 4) is 5.75 Å². The molecule has 29 heavy (non-hydrogen) atoms. The Morgan fingerprint density at radius 2 is 1.97 bits per heavy atom. The second-order valence-corrected chi connectivity index (χ2v) is 9.36. The summed E-state index contributed by atoms with van der Waals surface area (Å²) in [6, 6.07) is 1.56. The van der Waals surface area contributed by atoms with Gasteiger partial charge in [0.2, 0.25) is 11.8 Å². The first-order valence-corrected chi connectivity index (χ1v) is 9.76. The minimum Gasteiger partial charge on any atom is -0.476 e. The lowest BCUT2D eigenvalue weighted by molar-refractivity contribution is -0.129. The molecular formula is C21H27F3N2O3. The average molecular weight is 412 g/mol. The van der Waals surface area contributed by atoms with E-state index >= 15 is 4.39 Å². The number of nitrogens with zero attached hydrogens (tertiary/aromatic N) is 1. The van der Waals surface area contributed by atoms with Crippen molar-refractivity contribution in [1.82, 2.24) is 0 Å². The molecule has 0 radical (unpaired) electrons. The fraction of sp³-hybridized carbons (Fsp3) is 0.619. The zero-order chi connectivity index (χ0) is 21.7. The Hall–Kier alpha value is -2.25. The molecule has 1 atom stereocenters. The van der Waals surface area contributed by atoms with Gasteiger partial charge in [-0.15, -0.1) is 0 Å². The molecule has 8 heteroatoms. The maximum atomic E-state index is 15.2. The first-order chi connectivity index (χ1) is 13.3. The van der Waals surface area contributed by atoms with Gasteiger partial charge < -0.3 is 15.0 Å². The molecule has 1 aromatic carbocycles. The van der Waals surface area contributed by atoms with Crippen LogP contribution in [0.2, 0.25) is 0 Å². The van der Waals surface area contributed by atoms with E-state index in [4.69, 9.17) is 4.74 Å². The van der Waals surface area contributed by atoms with E-state index in [0.29, 0.717) is 5.56 Å². The Kier molecular flexibility index (Phi) is 5.34. The van der Waals surface area contributed by atoms with E-state index in [9.17, 15) is 18.4 Å². The number of aryl methyl sites for hydroxylation is 1. The molecule has 0 aromatic heterocycles. The minimum atomic E-state index is -2.70. The molecule has 0 spiro atoms. The molecule has 160 valence electrons. The zero-order valence-electron chi connectivity index (χ0n) is 17.4. The van der Waals surface area contributed by atoms with Gasteiger partial charge in [0, 0.05) is 25.8 Å². The molecule has 0 saturated heterocycles. The molecule has 1 aliphatic carbocycles. The Labute approximate surface area is 168 Å². The SMILES string of the molecule is Cc1cc2c(c(F)c1NC(=O)CC(C)(C)C)OC(C)C(=O)N2CC1CC(F)(F)C1. The van der Waals surface area contributed by atoms with Crippen LogP contribution in [0, 0.1) is 24.1 Å². The second kappa shape index (κ2) is 7.22. The van der Waals surface area contributed by atoms with E-state index in [1.807, 2.05) is 20.8 Å². The molecule has 1 saturated carbocycles. The summed E-state index contributed by atoms with van der Waals surface area (Å²) >= 11 is 0. The molecule has 1 N–H and O–H groups in total. The van der Waals surface area contributed by atoms with Crippen LogP contribution in [0.3, 0.4) is 0 Å². The third-order valence-corrected chi connectivity index (χ3v) is 5.17. The van der Waals surface area contributed by atoms with Crippen LogP contribution < -0.4 is 15.0 Å². The number of rotatable bonds is 4. The Balaban J connectivity index is 1.90. The number of alkyl halides is 2. The van der Waals surface area contributed by atoms with Gasteiger partial charge in [-0.3, -0.25) is 9.59 Å². The molecule has 5 nitrogen and oxygen atoms in total. The molecule has 2 aliphatic rings. The summed E-state index contributed by atoms with van der Waals surface area (Å²) in [6.07, 6.45) is -1.31. The minimum absolute atomic E-state index is 0.00896. The summed E-state index contributed by atoms with van der Waals surface area (Å²) in [7, 11) is 0. The molecule has 2 amide bonds. The summed E-state index contributed by atoms with van der Waals surface area (Å²) in [4.78, 5) is 26.2. The maximum absolute atomic E-state index is 15.2. The van der Waals surface area contributed by atoms with E-state index in [2.05, 4.69) is 5.32 Å². The van der Waals surface area contributed by atoms with Crippen molar-refractivity contribution in [2.24, 2.45) is 11.3 Å². The molecule has 3 rings (SSSR count). The number of carbonyl (C=O) groups excluding carboxylic acids is 2. The van der Waals surface area contributed by atoms with Gasteiger partial charge in [0.15, 0.2) is 17.7 Å². The van der Waals surface area contributed by atoms with Crippen molar-refractivity contribution >= 4 is 23.2 Å². The molecule has 1 unspecified atom stereocenters. The molecule has 1 aromatic rings. The fourth-order valence-electron chi connectivity index (χ4n) is 3.80. The third kappa shape index (κ3) is 4.51. The normalized spacial score (nSPS) is 21.3. The maximum Gasteiger partial charge on any atom is 0.267 e. The third-order valence-electron chi connectivity index (χ3n) is 5.17. The Bertz CT molecular complexity index is 841. The van der Waals surface area contributed by atoms with E-state index < -0.39 is 23.8 Å².